The van der Waals surface area contributed by atoms with Crippen LogP contribution >= 0.6 is 0 Å². The molecule has 0 radical (unpaired) electrons. The molecule has 292 valence electrons. The third kappa shape index (κ3) is 15.9. The summed E-state index contributed by atoms with van der Waals surface area (Å²) in [5.74, 6) is -0.955. The van der Waals surface area contributed by atoms with E-state index < -0.39 is 92.7 Å². The highest BCUT2D eigenvalue weighted by molar-refractivity contribution is 5.70. The molecule has 2 rings (SSSR count). The van der Waals surface area contributed by atoms with Crippen molar-refractivity contribution in [2.24, 2.45) is 0 Å². The van der Waals surface area contributed by atoms with Crippen molar-refractivity contribution >= 4 is 11.9 Å². The fourth-order valence-electron chi connectivity index (χ4n) is 5.69. The summed E-state index contributed by atoms with van der Waals surface area (Å²) < 4.78 is 33.1. The Bertz CT molecular complexity index is 949. The number of esters is 2. The molecule has 0 aromatic rings. The Labute approximate surface area is 295 Å². The van der Waals surface area contributed by atoms with E-state index in [1.165, 1.54) is 0 Å². The molecule has 0 amide bonds. The van der Waals surface area contributed by atoms with Crippen molar-refractivity contribution in [3.05, 3.63) is 12.2 Å². The number of carbonyl (C=O) groups excluding carboxylic acids is 2. The van der Waals surface area contributed by atoms with E-state index in [9.17, 15) is 45.3 Å². The highest BCUT2D eigenvalue weighted by Gasteiger charge is 2.47. The van der Waals surface area contributed by atoms with E-state index in [4.69, 9.17) is 28.4 Å². The largest absolute Gasteiger partial charge is 0.462 e. The molecular formula is C35H62O15. The number of hydrogen-bond acceptors (Lipinski definition) is 15. The van der Waals surface area contributed by atoms with Gasteiger partial charge in [0.15, 0.2) is 18.7 Å². The van der Waals surface area contributed by atoms with Gasteiger partial charge in [-0.25, -0.2) is 0 Å². The van der Waals surface area contributed by atoms with Gasteiger partial charge in [0.1, 0.15) is 55.4 Å². The Morgan fingerprint density at radius 2 is 1.20 bits per heavy atom. The summed E-state index contributed by atoms with van der Waals surface area (Å²) in [6.45, 7) is 2.23. The summed E-state index contributed by atoms with van der Waals surface area (Å²) in [5.41, 5.74) is 0. The maximum Gasteiger partial charge on any atom is 0.306 e. The molecule has 2 saturated heterocycles. The first-order valence-corrected chi connectivity index (χ1v) is 18.2. The number of aliphatic hydroxyl groups excluding tert-OH is 7. The minimum Gasteiger partial charge on any atom is -0.462 e. The monoisotopic (exact) mass is 722 g/mol. The van der Waals surface area contributed by atoms with Gasteiger partial charge in [-0.15, -0.1) is 0 Å². The van der Waals surface area contributed by atoms with Crippen LogP contribution in [0, 0.1) is 0 Å². The van der Waals surface area contributed by atoms with Crippen molar-refractivity contribution in [1.82, 2.24) is 0 Å². The smallest absolute Gasteiger partial charge is 0.306 e. The first-order valence-electron chi connectivity index (χ1n) is 18.2. The van der Waals surface area contributed by atoms with Crippen molar-refractivity contribution < 1.29 is 73.8 Å². The average molecular weight is 723 g/mol. The van der Waals surface area contributed by atoms with Gasteiger partial charge in [-0.05, 0) is 32.6 Å². The second-order valence-electron chi connectivity index (χ2n) is 13.1. The van der Waals surface area contributed by atoms with Gasteiger partial charge in [0.05, 0.1) is 19.8 Å². The molecule has 0 aliphatic carbocycles. The van der Waals surface area contributed by atoms with E-state index in [-0.39, 0.29) is 26.1 Å². The molecule has 2 aliphatic rings. The summed E-state index contributed by atoms with van der Waals surface area (Å²) in [5, 5.41) is 71.3. The van der Waals surface area contributed by atoms with Crippen LogP contribution in [0.25, 0.3) is 0 Å². The minimum atomic E-state index is -1.76. The van der Waals surface area contributed by atoms with Gasteiger partial charge >= 0.3 is 11.9 Å². The van der Waals surface area contributed by atoms with Crippen LogP contribution in [-0.2, 0) is 38.0 Å². The second-order valence-corrected chi connectivity index (χ2v) is 13.1. The highest BCUT2D eigenvalue weighted by Crippen LogP contribution is 2.26. The van der Waals surface area contributed by atoms with Crippen molar-refractivity contribution in [1.29, 1.82) is 0 Å². The molecular weight excluding hydrogens is 660 g/mol. The predicted molar refractivity (Wildman–Crippen MR) is 178 cm³/mol. The number of ether oxygens (including phenoxy) is 6. The van der Waals surface area contributed by atoms with Crippen LogP contribution in [0.4, 0.5) is 0 Å². The Morgan fingerprint density at radius 1 is 0.660 bits per heavy atom. The molecule has 7 N–H and O–H groups in total. The van der Waals surface area contributed by atoms with Gasteiger partial charge in [0, 0.05) is 12.8 Å². The second kappa shape index (κ2) is 25.3. The van der Waals surface area contributed by atoms with Crippen molar-refractivity contribution in [3.63, 3.8) is 0 Å². The third-order valence-corrected chi connectivity index (χ3v) is 8.84. The lowest BCUT2D eigenvalue weighted by Gasteiger charge is -2.42. The number of aliphatic hydroxyl groups is 7. The van der Waals surface area contributed by atoms with Crippen molar-refractivity contribution in [3.8, 4) is 0 Å². The van der Waals surface area contributed by atoms with Gasteiger partial charge in [-0.1, -0.05) is 70.4 Å². The van der Waals surface area contributed by atoms with Crippen LogP contribution in [0.15, 0.2) is 12.2 Å². The Morgan fingerprint density at radius 3 is 1.82 bits per heavy atom. The zero-order chi connectivity index (χ0) is 36.9. The SMILES string of the molecule is C/C=C\CCCCCCCC(=O)O[C@H](COC(=O)CCCCCCCC)CO[C@@H]1O[C@H](CO[C@H]2O[C@H](CO)[C@H](O)[C@H](O)[C@H]2O)[C@H](O)[C@H](O)[C@H]1O. The summed E-state index contributed by atoms with van der Waals surface area (Å²) >= 11 is 0. The van der Waals surface area contributed by atoms with Crippen LogP contribution < -0.4 is 0 Å². The number of allylic oxidation sites excluding steroid dienone is 2. The Hall–Kier alpha value is -1.76. The van der Waals surface area contributed by atoms with Crippen LogP contribution in [0.5, 0.6) is 0 Å². The molecule has 50 heavy (non-hydrogen) atoms. The van der Waals surface area contributed by atoms with E-state index in [2.05, 4.69) is 13.0 Å². The molecule has 2 fully saturated rings. The molecule has 2 heterocycles. The van der Waals surface area contributed by atoms with Gasteiger partial charge in [0.2, 0.25) is 0 Å². The van der Waals surface area contributed by atoms with Crippen molar-refractivity contribution in [2.75, 3.05) is 26.4 Å². The van der Waals surface area contributed by atoms with Crippen LogP contribution in [0.1, 0.15) is 104 Å². The molecule has 15 heteroatoms. The lowest BCUT2D eigenvalue weighted by atomic mass is 9.98. The highest BCUT2D eigenvalue weighted by atomic mass is 16.7. The number of hydrogen-bond donors (Lipinski definition) is 7. The first kappa shape index (κ1) is 44.4. The maximum absolute atomic E-state index is 12.7. The summed E-state index contributed by atoms with van der Waals surface area (Å²) in [4.78, 5) is 25.1. The molecule has 11 atom stereocenters. The molecule has 0 spiro atoms. The van der Waals surface area contributed by atoms with Crippen LogP contribution in [0.3, 0.4) is 0 Å². The summed E-state index contributed by atoms with van der Waals surface area (Å²) in [7, 11) is 0. The minimum absolute atomic E-state index is 0.155. The number of carbonyl (C=O) groups is 2. The quantitative estimate of drug-likeness (QED) is 0.0398. The molecule has 15 nitrogen and oxygen atoms in total. The topological polar surface area (TPSA) is 231 Å². The van der Waals surface area contributed by atoms with Crippen molar-refractivity contribution in [2.45, 2.75) is 171 Å². The third-order valence-electron chi connectivity index (χ3n) is 8.84. The van der Waals surface area contributed by atoms with Crippen LogP contribution in [0.2, 0.25) is 0 Å². The van der Waals surface area contributed by atoms with Gasteiger partial charge < -0.3 is 64.2 Å². The van der Waals surface area contributed by atoms with E-state index >= 15 is 0 Å². The fraction of sp³-hybridized carbons (Fsp3) is 0.886. The zero-order valence-corrected chi connectivity index (χ0v) is 29.6. The molecule has 0 bridgehead atoms. The summed E-state index contributed by atoms with van der Waals surface area (Å²) in [6.07, 6.45) is -0.715. The Balaban J connectivity index is 1.94. The van der Waals surface area contributed by atoms with E-state index in [1.54, 1.807) is 0 Å². The normalized spacial score (nSPS) is 30.7. The fourth-order valence-corrected chi connectivity index (χ4v) is 5.69. The molecule has 0 saturated carbocycles. The molecule has 2 aliphatic heterocycles. The van der Waals surface area contributed by atoms with E-state index in [1.807, 2.05) is 13.0 Å². The predicted octanol–water partition coefficient (Wildman–Crippen LogP) is 1.14. The van der Waals surface area contributed by atoms with Gasteiger partial charge in [-0.2, -0.15) is 0 Å². The van der Waals surface area contributed by atoms with Gasteiger partial charge in [0.25, 0.3) is 0 Å². The number of rotatable bonds is 25. The standard InChI is InChI=1S/C35H62O15/c1-3-5-7-9-11-12-14-16-18-27(38)48-23(20-45-26(37)17-15-13-10-8-6-4-2)21-46-34-33(44)31(42)29(40)25(50-34)22-47-35-32(43)30(41)28(39)24(19-36)49-35/h3,5,23-25,28-36,39-44H,4,6-22H2,1-2H3/b5-3-/t23-,24-,25-,28+,29+,30+,31+,32-,33-,34-,35+/m1/s1. The lowest BCUT2D eigenvalue weighted by Crippen LogP contribution is -2.61. The maximum atomic E-state index is 12.7. The summed E-state index contributed by atoms with van der Waals surface area (Å²) in [6, 6.07) is 0. The molecule has 0 aromatic heterocycles. The first-order chi connectivity index (χ1) is 24.0. The van der Waals surface area contributed by atoms with E-state index in [0.29, 0.717) is 12.8 Å². The Kier molecular flexibility index (Phi) is 22.4. The molecule has 0 unspecified atom stereocenters. The van der Waals surface area contributed by atoms with E-state index in [0.717, 1.165) is 64.2 Å². The molecule has 0 aromatic carbocycles. The number of unbranched alkanes of at least 4 members (excludes halogenated alkanes) is 10. The zero-order valence-electron chi connectivity index (χ0n) is 29.6. The van der Waals surface area contributed by atoms with Crippen LogP contribution in [-0.4, -0.2) is 142 Å². The average Bonchev–Trinajstić information content (AvgIpc) is 3.10. The van der Waals surface area contributed by atoms with Gasteiger partial charge in [-0.3, -0.25) is 9.59 Å². The lowest BCUT2D eigenvalue weighted by molar-refractivity contribution is -0.332.